The number of rotatable bonds is 5. The van der Waals surface area contributed by atoms with Crippen LogP contribution in [-0.4, -0.2) is 40.0 Å². The molecule has 2 aliphatic rings. The molecule has 2 aromatic heterocycles. The van der Waals surface area contributed by atoms with Crippen LogP contribution in [0.4, 0.5) is 10.2 Å². The van der Waals surface area contributed by atoms with Crippen molar-refractivity contribution in [2.24, 2.45) is 4.99 Å². The van der Waals surface area contributed by atoms with Gasteiger partial charge in [-0.15, -0.1) is 0 Å². The number of carbonyl (C=O) groups is 1. The molecule has 0 saturated carbocycles. The smallest absolute Gasteiger partial charge is 0.178 e. The number of ketones is 1. The number of Topliss-reactive ketones (excluding diaryl/α,β-unsaturated/α-hetero) is 1. The lowest BCUT2D eigenvalue weighted by molar-refractivity contribution is 0.101. The fourth-order valence-corrected chi connectivity index (χ4v) is 4.79. The van der Waals surface area contributed by atoms with Gasteiger partial charge in [-0.05, 0) is 61.6 Å². The number of aliphatic imine (C=N–C) groups is 1. The third kappa shape index (κ3) is 4.05. The van der Waals surface area contributed by atoms with E-state index in [1.165, 1.54) is 19.4 Å². The largest absolute Gasteiger partial charge is 0.358 e. The summed E-state index contributed by atoms with van der Waals surface area (Å²) in [5.41, 5.74) is 2.68. The molecular formula is C26H25ClFN5O. The Bertz CT molecular complexity index is 1310. The zero-order valence-corrected chi connectivity index (χ0v) is 19.9. The molecule has 1 atom stereocenters. The summed E-state index contributed by atoms with van der Waals surface area (Å²) in [4.78, 5) is 32.6. The summed E-state index contributed by atoms with van der Waals surface area (Å²) in [5.74, 6) is 0.589. The molecule has 5 rings (SSSR count). The van der Waals surface area contributed by atoms with Gasteiger partial charge in [0.05, 0.1) is 16.3 Å². The lowest BCUT2D eigenvalue weighted by Gasteiger charge is -2.33. The average molecular weight is 478 g/mol. The fourth-order valence-electron chi connectivity index (χ4n) is 4.61. The summed E-state index contributed by atoms with van der Waals surface area (Å²) in [7, 11) is 0. The molecule has 0 amide bonds. The van der Waals surface area contributed by atoms with Gasteiger partial charge in [-0.25, -0.2) is 14.4 Å². The first-order chi connectivity index (χ1) is 16.4. The monoisotopic (exact) mass is 477 g/mol. The third-order valence-corrected chi connectivity index (χ3v) is 6.70. The first-order valence-electron chi connectivity index (χ1n) is 11.4. The quantitative estimate of drug-likeness (QED) is 0.459. The van der Waals surface area contributed by atoms with Crippen LogP contribution in [0.5, 0.6) is 0 Å². The lowest BCUT2D eigenvalue weighted by Crippen LogP contribution is -2.34. The predicted molar refractivity (Wildman–Crippen MR) is 133 cm³/mol. The van der Waals surface area contributed by atoms with Crippen molar-refractivity contribution in [1.82, 2.24) is 15.0 Å². The molecule has 1 aromatic carbocycles. The number of piperidine rings is 1. The second kappa shape index (κ2) is 8.80. The number of aromatic nitrogens is 3. The van der Waals surface area contributed by atoms with E-state index < -0.39 is 11.4 Å². The Morgan fingerprint density at radius 3 is 2.62 bits per heavy atom. The number of hydrogen-bond donors (Lipinski definition) is 1. The number of nitrogens with zero attached hydrogens (tertiary/aromatic N) is 4. The highest BCUT2D eigenvalue weighted by Gasteiger charge is 2.36. The zero-order valence-electron chi connectivity index (χ0n) is 19.1. The Labute approximate surface area is 202 Å². The zero-order chi connectivity index (χ0) is 23.9. The van der Waals surface area contributed by atoms with E-state index in [1.54, 1.807) is 24.5 Å². The van der Waals surface area contributed by atoms with E-state index in [2.05, 4.69) is 14.9 Å². The number of halogens is 2. The van der Waals surface area contributed by atoms with Crippen molar-refractivity contribution in [2.75, 3.05) is 18.0 Å². The Morgan fingerprint density at radius 2 is 1.94 bits per heavy atom. The van der Waals surface area contributed by atoms with Crippen LogP contribution in [0.1, 0.15) is 49.2 Å². The van der Waals surface area contributed by atoms with Crippen LogP contribution in [0.25, 0.3) is 22.6 Å². The summed E-state index contributed by atoms with van der Waals surface area (Å²) in [6.07, 6.45) is 10.8. The van der Waals surface area contributed by atoms with E-state index in [1.807, 2.05) is 25.1 Å². The molecule has 3 aromatic rings. The maximum absolute atomic E-state index is 13.6. The Hall–Kier alpha value is -3.32. The maximum Gasteiger partial charge on any atom is 0.178 e. The molecule has 8 heteroatoms. The number of carbonyl (C=O) groups excluding carboxylic acids is 1. The van der Waals surface area contributed by atoms with Gasteiger partial charge in [-0.1, -0.05) is 23.7 Å². The molecule has 0 aliphatic carbocycles. The average Bonchev–Trinajstić information content (AvgIpc) is 3.51. The highest BCUT2D eigenvalue weighted by Crippen LogP contribution is 2.40. The van der Waals surface area contributed by atoms with Gasteiger partial charge in [-0.3, -0.25) is 9.79 Å². The standard InChI is InChI=1S/C26H25ClFN5O/c1-16(34)23-22(26(2)9-6-10-30-26)25(33-11-4-3-5-12-33)32-24(31-23)21-14-18(15-29-21)17-7-8-20(28)19(27)13-17/h6-10,13-15,29H,3-5,11-12H2,1-2H3. The number of allylic oxidation sites excluding steroid dienone is 1. The highest BCUT2D eigenvalue weighted by molar-refractivity contribution is 6.31. The summed E-state index contributed by atoms with van der Waals surface area (Å²) in [6, 6.07) is 6.48. The number of benzene rings is 1. The number of nitrogens with one attached hydrogen (secondary N) is 1. The van der Waals surface area contributed by atoms with E-state index in [0.29, 0.717) is 17.2 Å². The van der Waals surface area contributed by atoms with Crippen molar-refractivity contribution in [3.63, 3.8) is 0 Å². The summed E-state index contributed by atoms with van der Waals surface area (Å²) >= 11 is 5.97. The van der Waals surface area contributed by atoms with E-state index in [-0.39, 0.29) is 10.8 Å². The molecule has 4 heterocycles. The van der Waals surface area contributed by atoms with Crippen LogP contribution >= 0.6 is 11.6 Å². The molecule has 0 radical (unpaired) electrons. The first-order valence-corrected chi connectivity index (χ1v) is 11.8. The SMILES string of the molecule is CC(=O)c1nc(-c2cc(-c3ccc(F)c(Cl)c3)c[nH]2)nc(N2CCCCC2)c1C1(C)C=CC=N1. The second-order valence-electron chi connectivity index (χ2n) is 8.91. The van der Waals surface area contributed by atoms with Gasteiger partial charge in [0.1, 0.15) is 22.9 Å². The molecule has 34 heavy (non-hydrogen) atoms. The van der Waals surface area contributed by atoms with Crippen LogP contribution in [0.3, 0.4) is 0 Å². The minimum atomic E-state index is -0.696. The third-order valence-electron chi connectivity index (χ3n) is 6.41. The number of H-pyrrole nitrogens is 1. The summed E-state index contributed by atoms with van der Waals surface area (Å²) < 4.78 is 13.6. The number of anilines is 1. The van der Waals surface area contributed by atoms with Crippen LogP contribution in [0, 0.1) is 5.82 Å². The summed E-state index contributed by atoms with van der Waals surface area (Å²) in [5, 5.41) is 0.0607. The molecule has 0 bridgehead atoms. The van der Waals surface area contributed by atoms with Gasteiger partial charge < -0.3 is 9.88 Å². The molecular weight excluding hydrogens is 453 g/mol. The van der Waals surface area contributed by atoms with Crippen LogP contribution < -0.4 is 4.90 Å². The Kier molecular flexibility index (Phi) is 5.81. The molecule has 0 spiro atoms. The van der Waals surface area contributed by atoms with E-state index in [0.717, 1.165) is 48.4 Å². The first kappa shape index (κ1) is 22.5. The molecule has 1 saturated heterocycles. The normalized spacial score (nSPS) is 19.7. The van der Waals surface area contributed by atoms with Crippen molar-refractivity contribution < 1.29 is 9.18 Å². The summed E-state index contributed by atoms with van der Waals surface area (Å²) in [6.45, 7) is 5.25. The van der Waals surface area contributed by atoms with E-state index in [4.69, 9.17) is 21.6 Å². The van der Waals surface area contributed by atoms with Crippen molar-refractivity contribution in [1.29, 1.82) is 0 Å². The van der Waals surface area contributed by atoms with Crippen LogP contribution in [-0.2, 0) is 5.54 Å². The van der Waals surface area contributed by atoms with Gasteiger partial charge in [-0.2, -0.15) is 0 Å². The highest BCUT2D eigenvalue weighted by atomic mass is 35.5. The van der Waals surface area contributed by atoms with E-state index in [9.17, 15) is 9.18 Å². The molecule has 1 unspecified atom stereocenters. The predicted octanol–water partition coefficient (Wildman–Crippen LogP) is 5.98. The molecule has 1 N–H and O–H groups in total. The Balaban J connectivity index is 1.65. The topological polar surface area (TPSA) is 74.2 Å². The molecule has 1 fully saturated rings. The van der Waals surface area contributed by atoms with Gasteiger partial charge in [0.25, 0.3) is 0 Å². The second-order valence-corrected chi connectivity index (χ2v) is 9.32. The molecule has 174 valence electrons. The van der Waals surface area contributed by atoms with Crippen LogP contribution in [0.2, 0.25) is 5.02 Å². The van der Waals surface area contributed by atoms with Gasteiger partial charge >= 0.3 is 0 Å². The van der Waals surface area contributed by atoms with Crippen molar-refractivity contribution in [2.45, 2.75) is 38.6 Å². The van der Waals surface area contributed by atoms with Gasteiger partial charge in [0.15, 0.2) is 11.6 Å². The number of hydrogen-bond acceptors (Lipinski definition) is 5. The minimum absolute atomic E-state index is 0.0607. The number of aromatic amines is 1. The maximum atomic E-state index is 13.6. The molecule has 6 nitrogen and oxygen atoms in total. The molecule has 2 aliphatic heterocycles. The minimum Gasteiger partial charge on any atom is -0.358 e. The van der Waals surface area contributed by atoms with Crippen LogP contribution in [0.15, 0.2) is 47.6 Å². The van der Waals surface area contributed by atoms with Crippen molar-refractivity contribution >= 4 is 29.4 Å². The van der Waals surface area contributed by atoms with Crippen molar-refractivity contribution in [3.05, 3.63) is 64.7 Å². The van der Waals surface area contributed by atoms with Crippen molar-refractivity contribution in [3.8, 4) is 22.6 Å². The Morgan fingerprint density at radius 1 is 1.15 bits per heavy atom. The fraction of sp³-hybridized carbons (Fsp3) is 0.308. The van der Waals surface area contributed by atoms with Gasteiger partial charge in [0, 0.05) is 32.4 Å². The van der Waals surface area contributed by atoms with Gasteiger partial charge in [0.2, 0.25) is 0 Å². The van der Waals surface area contributed by atoms with E-state index >= 15 is 0 Å². The lowest BCUT2D eigenvalue weighted by atomic mass is 9.90.